The molecule has 152 valence electrons. The van der Waals surface area contributed by atoms with E-state index in [0.29, 0.717) is 25.7 Å². The number of guanidine groups is 1. The fourth-order valence-corrected chi connectivity index (χ4v) is 2.48. The predicted molar refractivity (Wildman–Crippen MR) is 111 cm³/mol. The van der Waals surface area contributed by atoms with Gasteiger partial charge in [-0.25, -0.2) is 4.39 Å². The summed E-state index contributed by atoms with van der Waals surface area (Å²) >= 11 is 0. The molecule has 28 heavy (non-hydrogen) atoms. The summed E-state index contributed by atoms with van der Waals surface area (Å²) < 4.78 is 24.3. The van der Waals surface area contributed by atoms with E-state index in [2.05, 4.69) is 33.1 Å². The van der Waals surface area contributed by atoms with Gasteiger partial charge in [0.1, 0.15) is 6.10 Å². The van der Waals surface area contributed by atoms with Gasteiger partial charge in [0.25, 0.3) is 0 Å². The molecule has 1 atom stereocenters. The highest BCUT2D eigenvalue weighted by molar-refractivity contribution is 5.79. The molecule has 0 heterocycles. The summed E-state index contributed by atoms with van der Waals surface area (Å²) in [6, 6.07) is 14.6. The number of ether oxygens (including phenoxy) is 2. The van der Waals surface area contributed by atoms with Gasteiger partial charge in [-0.15, -0.1) is 0 Å². The summed E-state index contributed by atoms with van der Waals surface area (Å²) in [5.41, 5.74) is 2.19. The fourth-order valence-electron chi connectivity index (χ4n) is 2.48. The summed E-state index contributed by atoms with van der Waals surface area (Å²) in [5.74, 6) is 0.544. The van der Waals surface area contributed by atoms with Crippen molar-refractivity contribution in [1.29, 1.82) is 0 Å². The SMILES string of the molecule is CN=C(NCc1ccc(NCCOC)cc1)NCC(C)Oc1ccccc1F. The molecule has 0 fully saturated rings. The van der Waals surface area contributed by atoms with E-state index in [0.717, 1.165) is 17.8 Å². The fraction of sp³-hybridized carbons (Fsp3) is 0.381. The number of methoxy groups -OCH3 is 1. The van der Waals surface area contributed by atoms with Gasteiger partial charge in [-0.2, -0.15) is 0 Å². The van der Waals surface area contributed by atoms with Gasteiger partial charge in [-0.05, 0) is 36.8 Å². The second kappa shape index (κ2) is 11.8. The second-order valence-corrected chi connectivity index (χ2v) is 6.28. The Hall–Kier alpha value is -2.80. The van der Waals surface area contributed by atoms with Crippen molar-refractivity contribution in [2.24, 2.45) is 4.99 Å². The summed E-state index contributed by atoms with van der Waals surface area (Å²) in [6.45, 7) is 4.46. The third-order valence-corrected chi connectivity index (χ3v) is 3.99. The topological polar surface area (TPSA) is 66.9 Å². The van der Waals surface area contributed by atoms with Crippen molar-refractivity contribution in [2.45, 2.75) is 19.6 Å². The third-order valence-electron chi connectivity index (χ3n) is 3.99. The van der Waals surface area contributed by atoms with Crippen molar-refractivity contribution in [3.63, 3.8) is 0 Å². The van der Waals surface area contributed by atoms with E-state index in [1.165, 1.54) is 6.07 Å². The quantitative estimate of drug-likeness (QED) is 0.332. The van der Waals surface area contributed by atoms with E-state index < -0.39 is 0 Å². The molecule has 0 saturated heterocycles. The summed E-state index contributed by atoms with van der Waals surface area (Å²) in [7, 11) is 3.39. The zero-order valence-corrected chi connectivity index (χ0v) is 16.7. The number of benzene rings is 2. The summed E-state index contributed by atoms with van der Waals surface area (Å²) in [4.78, 5) is 4.21. The summed E-state index contributed by atoms with van der Waals surface area (Å²) in [5, 5.41) is 9.73. The van der Waals surface area contributed by atoms with E-state index in [1.54, 1.807) is 32.4 Å². The molecule has 0 aromatic heterocycles. The third kappa shape index (κ3) is 7.44. The van der Waals surface area contributed by atoms with E-state index in [4.69, 9.17) is 9.47 Å². The lowest BCUT2D eigenvalue weighted by Gasteiger charge is -2.18. The van der Waals surface area contributed by atoms with Crippen LogP contribution in [-0.2, 0) is 11.3 Å². The second-order valence-electron chi connectivity index (χ2n) is 6.28. The van der Waals surface area contributed by atoms with Crippen molar-refractivity contribution in [2.75, 3.05) is 39.2 Å². The molecule has 0 bridgehead atoms. The van der Waals surface area contributed by atoms with Crippen LogP contribution in [0, 0.1) is 5.82 Å². The van der Waals surface area contributed by atoms with Crippen molar-refractivity contribution in [3.05, 3.63) is 59.9 Å². The molecular formula is C21H29FN4O2. The molecular weight excluding hydrogens is 359 g/mol. The molecule has 2 aromatic rings. The molecule has 0 radical (unpaired) electrons. The molecule has 0 amide bonds. The van der Waals surface area contributed by atoms with E-state index in [-0.39, 0.29) is 17.7 Å². The first-order valence-electron chi connectivity index (χ1n) is 9.30. The van der Waals surface area contributed by atoms with Crippen LogP contribution in [0.5, 0.6) is 5.75 Å². The Morgan fingerprint density at radius 2 is 1.86 bits per heavy atom. The number of hydrogen-bond acceptors (Lipinski definition) is 4. The largest absolute Gasteiger partial charge is 0.486 e. The number of rotatable bonds is 10. The lowest BCUT2D eigenvalue weighted by Crippen LogP contribution is -2.41. The van der Waals surface area contributed by atoms with Gasteiger partial charge in [-0.1, -0.05) is 24.3 Å². The van der Waals surface area contributed by atoms with Crippen molar-refractivity contribution in [3.8, 4) is 5.75 Å². The minimum absolute atomic E-state index is 0.215. The maximum absolute atomic E-state index is 13.6. The number of nitrogens with zero attached hydrogens (tertiary/aromatic N) is 1. The van der Waals surface area contributed by atoms with Crippen LogP contribution in [0.15, 0.2) is 53.5 Å². The number of aliphatic imine (C=N–C) groups is 1. The van der Waals surface area contributed by atoms with Gasteiger partial charge in [-0.3, -0.25) is 4.99 Å². The van der Waals surface area contributed by atoms with Gasteiger partial charge in [0.05, 0.1) is 13.2 Å². The highest BCUT2D eigenvalue weighted by Crippen LogP contribution is 2.16. The molecule has 2 aromatic carbocycles. The molecule has 0 saturated carbocycles. The van der Waals surface area contributed by atoms with E-state index in [1.807, 2.05) is 19.1 Å². The molecule has 1 unspecified atom stereocenters. The van der Waals surface area contributed by atoms with Gasteiger partial charge in [0.2, 0.25) is 0 Å². The number of anilines is 1. The molecule has 3 N–H and O–H groups in total. The van der Waals surface area contributed by atoms with Crippen LogP contribution in [0.2, 0.25) is 0 Å². The van der Waals surface area contributed by atoms with Crippen molar-refractivity contribution in [1.82, 2.24) is 10.6 Å². The molecule has 2 rings (SSSR count). The smallest absolute Gasteiger partial charge is 0.191 e. The van der Waals surface area contributed by atoms with Gasteiger partial charge >= 0.3 is 0 Å². The van der Waals surface area contributed by atoms with Crippen LogP contribution in [0.1, 0.15) is 12.5 Å². The molecule has 0 aliphatic rings. The first kappa shape index (κ1) is 21.5. The Bertz CT molecular complexity index is 737. The van der Waals surface area contributed by atoms with E-state index in [9.17, 15) is 4.39 Å². The zero-order chi connectivity index (χ0) is 20.2. The zero-order valence-electron chi connectivity index (χ0n) is 16.7. The average Bonchev–Trinajstić information content (AvgIpc) is 2.71. The van der Waals surface area contributed by atoms with Crippen LogP contribution in [0.25, 0.3) is 0 Å². The summed E-state index contributed by atoms with van der Waals surface area (Å²) in [6.07, 6.45) is -0.215. The minimum atomic E-state index is -0.364. The maximum atomic E-state index is 13.6. The predicted octanol–water partition coefficient (Wildman–Crippen LogP) is 3.02. The normalized spacial score (nSPS) is 12.4. The first-order valence-corrected chi connectivity index (χ1v) is 9.30. The van der Waals surface area contributed by atoms with Crippen molar-refractivity contribution < 1.29 is 13.9 Å². The average molecular weight is 388 g/mol. The number of hydrogen-bond donors (Lipinski definition) is 3. The van der Waals surface area contributed by atoms with Crippen LogP contribution in [-0.4, -0.2) is 45.9 Å². The first-order chi connectivity index (χ1) is 13.6. The van der Waals surface area contributed by atoms with Gasteiger partial charge in [0, 0.05) is 32.9 Å². The molecule has 6 nitrogen and oxygen atoms in total. The maximum Gasteiger partial charge on any atom is 0.191 e. The van der Waals surface area contributed by atoms with Crippen LogP contribution in [0.3, 0.4) is 0 Å². The van der Waals surface area contributed by atoms with Crippen LogP contribution in [0.4, 0.5) is 10.1 Å². The Balaban J connectivity index is 1.74. The Kier molecular flexibility index (Phi) is 9.07. The Labute approximate surface area is 166 Å². The number of para-hydroxylation sites is 1. The molecule has 0 spiro atoms. The monoisotopic (exact) mass is 388 g/mol. The minimum Gasteiger partial charge on any atom is -0.486 e. The highest BCUT2D eigenvalue weighted by Gasteiger charge is 2.09. The molecule has 7 heteroatoms. The van der Waals surface area contributed by atoms with Crippen LogP contribution < -0.4 is 20.7 Å². The number of halogens is 1. The lowest BCUT2D eigenvalue weighted by molar-refractivity contribution is 0.211. The molecule has 0 aliphatic heterocycles. The standard InChI is InChI=1S/C21H29FN4O2/c1-16(28-20-7-5-4-6-19(20)22)14-25-21(23-2)26-15-17-8-10-18(11-9-17)24-12-13-27-3/h4-11,16,24H,12-15H2,1-3H3,(H2,23,25,26). The van der Waals surface area contributed by atoms with Gasteiger partial charge in [0.15, 0.2) is 17.5 Å². The van der Waals surface area contributed by atoms with E-state index >= 15 is 0 Å². The molecule has 0 aliphatic carbocycles. The van der Waals surface area contributed by atoms with Crippen LogP contribution >= 0.6 is 0 Å². The highest BCUT2D eigenvalue weighted by atomic mass is 19.1. The number of nitrogens with one attached hydrogen (secondary N) is 3. The Morgan fingerprint density at radius 3 is 2.54 bits per heavy atom. The van der Waals surface area contributed by atoms with Crippen molar-refractivity contribution >= 4 is 11.6 Å². The van der Waals surface area contributed by atoms with Gasteiger partial charge < -0.3 is 25.4 Å². The lowest BCUT2D eigenvalue weighted by atomic mass is 10.2. The Morgan fingerprint density at radius 1 is 1.11 bits per heavy atom.